The SMILES string of the molecule is CCCOc1ccc(Nc2ccccc2)cn1. The largest absolute Gasteiger partial charge is 0.478 e. The van der Waals surface area contributed by atoms with Gasteiger partial charge in [0, 0.05) is 11.8 Å². The number of hydrogen-bond donors (Lipinski definition) is 1. The molecule has 1 aromatic carbocycles. The van der Waals surface area contributed by atoms with Gasteiger partial charge in [-0.15, -0.1) is 0 Å². The Morgan fingerprint density at radius 3 is 2.53 bits per heavy atom. The Balaban J connectivity index is 1.98. The Bertz CT molecular complexity index is 440. The Labute approximate surface area is 101 Å². The number of pyridine rings is 1. The monoisotopic (exact) mass is 228 g/mol. The Morgan fingerprint density at radius 2 is 1.88 bits per heavy atom. The molecule has 1 N–H and O–H groups in total. The molecule has 1 aromatic heterocycles. The van der Waals surface area contributed by atoms with Gasteiger partial charge in [-0.1, -0.05) is 25.1 Å². The third kappa shape index (κ3) is 3.48. The minimum Gasteiger partial charge on any atom is -0.478 e. The molecule has 0 bridgehead atoms. The van der Waals surface area contributed by atoms with Gasteiger partial charge < -0.3 is 10.1 Å². The van der Waals surface area contributed by atoms with E-state index in [1.54, 1.807) is 6.20 Å². The molecule has 2 rings (SSSR count). The average molecular weight is 228 g/mol. The van der Waals surface area contributed by atoms with Crippen LogP contribution in [0.5, 0.6) is 5.88 Å². The van der Waals surface area contributed by atoms with Crippen molar-refractivity contribution in [1.29, 1.82) is 0 Å². The number of nitrogens with one attached hydrogen (secondary N) is 1. The van der Waals surface area contributed by atoms with E-state index < -0.39 is 0 Å². The summed E-state index contributed by atoms with van der Waals surface area (Å²) < 4.78 is 5.42. The van der Waals surface area contributed by atoms with Gasteiger partial charge in [-0.05, 0) is 24.6 Å². The van der Waals surface area contributed by atoms with E-state index in [4.69, 9.17) is 4.74 Å². The van der Waals surface area contributed by atoms with Gasteiger partial charge >= 0.3 is 0 Å². The third-order valence-corrected chi connectivity index (χ3v) is 2.25. The topological polar surface area (TPSA) is 34.1 Å². The molecule has 88 valence electrons. The van der Waals surface area contributed by atoms with E-state index in [9.17, 15) is 0 Å². The first kappa shape index (κ1) is 11.5. The highest BCUT2D eigenvalue weighted by Crippen LogP contribution is 2.17. The number of nitrogens with zero attached hydrogens (tertiary/aromatic N) is 1. The molecule has 0 aliphatic carbocycles. The first-order chi connectivity index (χ1) is 8.38. The molecule has 0 atom stereocenters. The summed E-state index contributed by atoms with van der Waals surface area (Å²) in [6, 6.07) is 13.9. The molecule has 0 unspecified atom stereocenters. The number of benzene rings is 1. The molecule has 17 heavy (non-hydrogen) atoms. The van der Waals surface area contributed by atoms with Crippen molar-refractivity contribution in [2.75, 3.05) is 11.9 Å². The van der Waals surface area contributed by atoms with E-state index in [1.807, 2.05) is 42.5 Å². The van der Waals surface area contributed by atoms with Crippen molar-refractivity contribution in [3.63, 3.8) is 0 Å². The Morgan fingerprint density at radius 1 is 1.06 bits per heavy atom. The fourth-order valence-electron chi connectivity index (χ4n) is 1.43. The van der Waals surface area contributed by atoms with Crippen molar-refractivity contribution in [3.05, 3.63) is 48.7 Å². The van der Waals surface area contributed by atoms with Gasteiger partial charge in [0.05, 0.1) is 18.5 Å². The van der Waals surface area contributed by atoms with Crippen molar-refractivity contribution in [3.8, 4) is 5.88 Å². The predicted molar refractivity (Wildman–Crippen MR) is 69.7 cm³/mol. The first-order valence-electron chi connectivity index (χ1n) is 5.79. The van der Waals surface area contributed by atoms with E-state index in [0.717, 1.165) is 17.8 Å². The van der Waals surface area contributed by atoms with Gasteiger partial charge in [-0.2, -0.15) is 0 Å². The van der Waals surface area contributed by atoms with Crippen LogP contribution in [0.3, 0.4) is 0 Å². The highest BCUT2D eigenvalue weighted by Gasteiger charge is 1.96. The quantitative estimate of drug-likeness (QED) is 0.848. The molecule has 0 amide bonds. The van der Waals surface area contributed by atoms with Crippen LogP contribution in [0, 0.1) is 0 Å². The van der Waals surface area contributed by atoms with Crippen LogP contribution in [0.25, 0.3) is 0 Å². The molecule has 0 spiro atoms. The Kier molecular flexibility index (Phi) is 3.97. The minimum absolute atomic E-state index is 0.672. The van der Waals surface area contributed by atoms with Crippen LogP contribution in [0.15, 0.2) is 48.7 Å². The molecule has 0 saturated carbocycles. The third-order valence-electron chi connectivity index (χ3n) is 2.25. The average Bonchev–Trinajstić information content (AvgIpc) is 2.39. The maximum absolute atomic E-state index is 5.42. The van der Waals surface area contributed by atoms with Crippen LogP contribution in [-0.2, 0) is 0 Å². The molecule has 0 fully saturated rings. The first-order valence-corrected chi connectivity index (χ1v) is 5.79. The summed E-state index contributed by atoms with van der Waals surface area (Å²) in [6.45, 7) is 2.78. The highest BCUT2D eigenvalue weighted by molar-refractivity contribution is 5.58. The van der Waals surface area contributed by atoms with Crippen LogP contribution in [-0.4, -0.2) is 11.6 Å². The molecular weight excluding hydrogens is 212 g/mol. The number of hydrogen-bond acceptors (Lipinski definition) is 3. The lowest BCUT2D eigenvalue weighted by atomic mass is 10.3. The molecule has 2 aromatic rings. The van der Waals surface area contributed by atoms with Gasteiger partial charge in [0.25, 0.3) is 0 Å². The summed E-state index contributed by atoms with van der Waals surface area (Å²) in [4.78, 5) is 4.23. The normalized spacial score (nSPS) is 9.94. The van der Waals surface area contributed by atoms with E-state index in [-0.39, 0.29) is 0 Å². The number of rotatable bonds is 5. The summed E-state index contributed by atoms with van der Waals surface area (Å²) in [6.07, 6.45) is 2.77. The van der Waals surface area contributed by atoms with E-state index in [2.05, 4.69) is 17.2 Å². The van der Waals surface area contributed by atoms with Crippen molar-refractivity contribution in [1.82, 2.24) is 4.98 Å². The van der Waals surface area contributed by atoms with Crippen LogP contribution in [0.2, 0.25) is 0 Å². The van der Waals surface area contributed by atoms with Crippen LogP contribution >= 0.6 is 0 Å². The fourth-order valence-corrected chi connectivity index (χ4v) is 1.43. The second kappa shape index (κ2) is 5.89. The summed E-state index contributed by atoms with van der Waals surface area (Å²) in [5.74, 6) is 0.672. The van der Waals surface area contributed by atoms with Crippen LogP contribution in [0.4, 0.5) is 11.4 Å². The molecule has 1 heterocycles. The maximum atomic E-state index is 5.42. The molecule has 3 heteroatoms. The summed E-state index contributed by atoms with van der Waals surface area (Å²) in [7, 11) is 0. The lowest BCUT2D eigenvalue weighted by molar-refractivity contribution is 0.305. The zero-order valence-electron chi connectivity index (χ0n) is 9.89. The van der Waals surface area contributed by atoms with Crippen molar-refractivity contribution >= 4 is 11.4 Å². The molecule has 0 radical (unpaired) electrons. The van der Waals surface area contributed by atoms with E-state index >= 15 is 0 Å². The zero-order chi connectivity index (χ0) is 11.9. The van der Waals surface area contributed by atoms with Gasteiger partial charge in [-0.25, -0.2) is 4.98 Å². The van der Waals surface area contributed by atoms with E-state index in [1.165, 1.54) is 0 Å². The number of para-hydroxylation sites is 1. The van der Waals surface area contributed by atoms with Gasteiger partial charge in [0.15, 0.2) is 0 Å². The van der Waals surface area contributed by atoms with Crippen molar-refractivity contribution < 1.29 is 4.74 Å². The second-order valence-corrected chi connectivity index (χ2v) is 3.72. The molecule has 3 nitrogen and oxygen atoms in total. The molecule has 0 aliphatic heterocycles. The summed E-state index contributed by atoms with van der Waals surface area (Å²) >= 11 is 0. The van der Waals surface area contributed by atoms with Crippen LogP contribution in [0.1, 0.15) is 13.3 Å². The molecule has 0 aliphatic rings. The predicted octanol–water partition coefficient (Wildman–Crippen LogP) is 3.61. The standard InChI is InChI=1S/C14H16N2O/c1-2-10-17-14-9-8-13(11-15-14)16-12-6-4-3-5-7-12/h3-9,11,16H,2,10H2,1H3. The highest BCUT2D eigenvalue weighted by atomic mass is 16.5. The van der Waals surface area contributed by atoms with Crippen molar-refractivity contribution in [2.24, 2.45) is 0 Å². The molecule has 0 saturated heterocycles. The van der Waals surface area contributed by atoms with Gasteiger partial charge in [-0.3, -0.25) is 0 Å². The maximum Gasteiger partial charge on any atom is 0.213 e. The Hall–Kier alpha value is -2.03. The number of anilines is 2. The summed E-state index contributed by atoms with van der Waals surface area (Å²) in [5.41, 5.74) is 2.01. The van der Waals surface area contributed by atoms with Gasteiger partial charge in [0.1, 0.15) is 0 Å². The second-order valence-electron chi connectivity index (χ2n) is 3.72. The smallest absolute Gasteiger partial charge is 0.213 e. The van der Waals surface area contributed by atoms with Gasteiger partial charge in [0.2, 0.25) is 5.88 Å². The summed E-state index contributed by atoms with van der Waals surface area (Å²) in [5, 5.41) is 3.27. The van der Waals surface area contributed by atoms with E-state index in [0.29, 0.717) is 12.5 Å². The minimum atomic E-state index is 0.672. The van der Waals surface area contributed by atoms with Crippen LogP contribution < -0.4 is 10.1 Å². The van der Waals surface area contributed by atoms with Crippen molar-refractivity contribution in [2.45, 2.75) is 13.3 Å². The lowest BCUT2D eigenvalue weighted by Crippen LogP contribution is -1.97. The number of ether oxygens (including phenoxy) is 1. The zero-order valence-corrected chi connectivity index (χ0v) is 9.89. The molecular formula is C14H16N2O. The fraction of sp³-hybridized carbons (Fsp3) is 0.214. The number of aromatic nitrogens is 1. The lowest BCUT2D eigenvalue weighted by Gasteiger charge is -2.07.